The van der Waals surface area contributed by atoms with Crippen molar-refractivity contribution in [2.75, 3.05) is 6.54 Å². The zero-order valence-corrected chi connectivity index (χ0v) is 27.9. The molecule has 4 rings (SSSR count). The second-order valence-electron chi connectivity index (χ2n) is 11.1. The van der Waals surface area contributed by atoms with Gasteiger partial charge in [-0.3, -0.25) is 34.5 Å². The Labute approximate surface area is 292 Å². The molecule has 0 saturated heterocycles. The number of aldehydes is 1. The maximum absolute atomic E-state index is 13.0. The molecule has 0 saturated carbocycles. The molecule has 4 heterocycles. The smallest absolute Gasteiger partial charge is 0.253 e. The molecule has 10 nitrogen and oxygen atoms in total. The maximum atomic E-state index is 13.0. The first-order valence-electron chi connectivity index (χ1n) is 16.1. The van der Waals surface area contributed by atoms with Gasteiger partial charge in [-0.15, -0.1) is 0 Å². The summed E-state index contributed by atoms with van der Waals surface area (Å²) in [5, 5.41) is 5.71. The van der Waals surface area contributed by atoms with Gasteiger partial charge in [-0.25, -0.2) is 0 Å². The summed E-state index contributed by atoms with van der Waals surface area (Å²) < 4.78 is 0. The van der Waals surface area contributed by atoms with Gasteiger partial charge in [-0.1, -0.05) is 43.0 Å². The molecular weight excluding hydrogens is 626 g/mol. The number of aromatic nitrogens is 4. The first-order valence-corrected chi connectivity index (χ1v) is 16.1. The lowest BCUT2D eigenvalue weighted by atomic mass is 10.0. The quantitative estimate of drug-likeness (QED) is 0.0432. The van der Waals surface area contributed by atoms with E-state index in [0.29, 0.717) is 48.1 Å². The van der Waals surface area contributed by atoms with Crippen LogP contribution in [0.4, 0.5) is 0 Å². The number of hydrogen-bond donors (Lipinski definition) is 2. The van der Waals surface area contributed by atoms with E-state index in [9.17, 15) is 14.4 Å². The molecule has 0 aliphatic rings. The van der Waals surface area contributed by atoms with Gasteiger partial charge in [0.05, 0.1) is 11.6 Å². The van der Waals surface area contributed by atoms with Crippen LogP contribution in [0.15, 0.2) is 134 Å². The Hall–Kier alpha value is -6.42. The molecule has 1 unspecified atom stereocenters. The van der Waals surface area contributed by atoms with Gasteiger partial charge in [0.25, 0.3) is 11.8 Å². The zero-order valence-electron chi connectivity index (χ0n) is 27.9. The number of nitrogens with one attached hydrogen (secondary N) is 2. The third kappa shape index (κ3) is 10.8. The Bertz CT molecular complexity index is 1920. The summed E-state index contributed by atoms with van der Waals surface area (Å²) in [7, 11) is 0. The van der Waals surface area contributed by atoms with Crippen LogP contribution in [0.2, 0.25) is 0 Å². The number of unbranched alkanes of at least 4 members (excludes halogenated alkanes) is 1. The molecule has 0 fully saturated rings. The summed E-state index contributed by atoms with van der Waals surface area (Å²) in [6.45, 7) is 9.67. The van der Waals surface area contributed by atoms with E-state index in [1.165, 1.54) is 6.20 Å². The first kappa shape index (κ1) is 36.4. The fraction of sp³-hybridized carbons (Fsp3) is 0.150. The average Bonchev–Trinajstić information content (AvgIpc) is 3.17. The molecule has 2 amide bonds. The van der Waals surface area contributed by atoms with Gasteiger partial charge in [0, 0.05) is 95.7 Å². The van der Waals surface area contributed by atoms with E-state index >= 15 is 0 Å². The van der Waals surface area contributed by atoms with Crippen molar-refractivity contribution in [3.8, 4) is 11.1 Å². The average molecular weight is 666 g/mol. The fourth-order valence-electron chi connectivity index (χ4n) is 4.91. The van der Waals surface area contributed by atoms with E-state index in [2.05, 4.69) is 48.9 Å². The standard InChI is InChI=1S/C40H39N7O3/c1-4-30(34-19-35(25-44-24-34)32-11-9-16-43-23-32)18-31(5-2)39(49)46-17-7-6-12-38(28-48)47-40(50)37-20-36(26-45-27-37)33(22-41-3)14-13-29-10-8-15-42-21-29/h4-5,8-11,13-16,18-28,38H,1,3,6-7,12,17H2,2H3,(H,46,49)(H,47,50)/b14-13+,30-18+,31-5+,33-22+. The molecule has 252 valence electrons. The third-order valence-corrected chi connectivity index (χ3v) is 7.58. The largest absolute Gasteiger partial charge is 0.352 e. The van der Waals surface area contributed by atoms with Gasteiger partial charge in [0.15, 0.2) is 0 Å². The summed E-state index contributed by atoms with van der Waals surface area (Å²) in [5.74, 6) is -0.651. The van der Waals surface area contributed by atoms with Crippen LogP contribution in [-0.2, 0) is 9.59 Å². The summed E-state index contributed by atoms with van der Waals surface area (Å²) in [5.41, 5.74) is 6.46. The van der Waals surface area contributed by atoms with E-state index in [4.69, 9.17) is 0 Å². The predicted molar refractivity (Wildman–Crippen MR) is 199 cm³/mol. The van der Waals surface area contributed by atoms with E-state index in [0.717, 1.165) is 34.1 Å². The van der Waals surface area contributed by atoms with Gasteiger partial charge in [0.2, 0.25) is 0 Å². The SMILES string of the molecule is C=C/C(=C\C(=C/C)C(=O)NCCCCC(C=O)NC(=O)c1cncc(C(/C=C/c2cccnc2)=C/N=C)c1)c1cncc(-c2cccnc2)c1. The highest BCUT2D eigenvalue weighted by Gasteiger charge is 2.15. The summed E-state index contributed by atoms with van der Waals surface area (Å²) in [6.07, 6.45) is 26.3. The molecule has 0 bridgehead atoms. The number of allylic oxidation sites excluding steroid dienone is 5. The maximum Gasteiger partial charge on any atom is 0.253 e. The Balaban J connectivity index is 1.28. The summed E-state index contributed by atoms with van der Waals surface area (Å²) >= 11 is 0. The molecular formula is C40H39N7O3. The highest BCUT2D eigenvalue weighted by molar-refractivity contribution is 5.99. The third-order valence-electron chi connectivity index (χ3n) is 7.58. The number of rotatable bonds is 17. The molecule has 2 N–H and O–H groups in total. The lowest BCUT2D eigenvalue weighted by Gasteiger charge is -2.13. The van der Waals surface area contributed by atoms with Crippen molar-refractivity contribution in [2.45, 2.75) is 32.2 Å². The number of carbonyl (C=O) groups excluding carboxylic acids is 3. The molecule has 4 aromatic rings. The number of aliphatic imine (C=N–C) groups is 1. The Kier molecular flexibility index (Phi) is 14.1. The normalized spacial score (nSPS) is 12.6. The molecule has 0 aromatic carbocycles. The lowest BCUT2D eigenvalue weighted by molar-refractivity contribution is -0.117. The first-order chi connectivity index (χ1) is 24.4. The van der Waals surface area contributed by atoms with Crippen molar-refractivity contribution in [1.82, 2.24) is 30.6 Å². The second-order valence-corrected chi connectivity index (χ2v) is 11.1. The van der Waals surface area contributed by atoms with Crippen molar-refractivity contribution in [1.29, 1.82) is 0 Å². The van der Waals surface area contributed by atoms with Crippen molar-refractivity contribution >= 4 is 42.0 Å². The highest BCUT2D eigenvalue weighted by atomic mass is 16.2. The van der Waals surface area contributed by atoms with E-state index in [1.54, 1.807) is 80.8 Å². The number of nitrogens with zero attached hydrogens (tertiary/aromatic N) is 5. The number of carbonyl (C=O) groups is 3. The zero-order chi connectivity index (χ0) is 35.6. The van der Waals surface area contributed by atoms with Gasteiger partial charge in [0.1, 0.15) is 6.29 Å². The number of hydrogen-bond acceptors (Lipinski definition) is 8. The summed E-state index contributed by atoms with van der Waals surface area (Å²) in [4.78, 5) is 58.6. The fourth-order valence-corrected chi connectivity index (χ4v) is 4.91. The van der Waals surface area contributed by atoms with E-state index in [-0.39, 0.29) is 5.91 Å². The molecule has 4 aromatic heterocycles. The van der Waals surface area contributed by atoms with Crippen LogP contribution < -0.4 is 10.6 Å². The van der Waals surface area contributed by atoms with Gasteiger partial charge < -0.3 is 15.4 Å². The van der Waals surface area contributed by atoms with Crippen LogP contribution >= 0.6 is 0 Å². The van der Waals surface area contributed by atoms with Crippen molar-refractivity contribution in [3.05, 3.63) is 151 Å². The van der Waals surface area contributed by atoms with Crippen LogP contribution in [-0.4, -0.2) is 57.3 Å². The molecule has 0 aliphatic carbocycles. The van der Waals surface area contributed by atoms with Crippen LogP contribution in [0.25, 0.3) is 28.3 Å². The monoisotopic (exact) mass is 665 g/mol. The Morgan fingerprint density at radius 3 is 2.28 bits per heavy atom. The van der Waals surface area contributed by atoms with Gasteiger partial charge in [-0.2, -0.15) is 0 Å². The van der Waals surface area contributed by atoms with Crippen molar-refractivity contribution < 1.29 is 14.4 Å². The Morgan fingerprint density at radius 2 is 1.60 bits per heavy atom. The van der Waals surface area contributed by atoms with Gasteiger partial charge >= 0.3 is 0 Å². The van der Waals surface area contributed by atoms with Crippen molar-refractivity contribution in [3.63, 3.8) is 0 Å². The molecule has 0 radical (unpaired) electrons. The van der Waals surface area contributed by atoms with Crippen LogP contribution in [0, 0.1) is 0 Å². The Morgan fingerprint density at radius 1 is 0.880 bits per heavy atom. The molecule has 10 heteroatoms. The summed E-state index contributed by atoms with van der Waals surface area (Å²) in [6, 6.07) is 10.5. The lowest BCUT2D eigenvalue weighted by Crippen LogP contribution is -2.36. The highest BCUT2D eigenvalue weighted by Crippen LogP contribution is 2.24. The van der Waals surface area contributed by atoms with E-state index in [1.807, 2.05) is 42.5 Å². The number of pyridine rings is 4. The minimum absolute atomic E-state index is 0.230. The van der Waals surface area contributed by atoms with E-state index < -0.39 is 11.9 Å². The van der Waals surface area contributed by atoms with Crippen LogP contribution in [0.3, 0.4) is 0 Å². The molecule has 50 heavy (non-hydrogen) atoms. The minimum atomic E-state index is -0.697. The number of amides is 2. The molecule has 0 aliphatic heterocycles. The molecule has 0 spiro atoms. The topological polar surface area (TPSA) is 139 Å². The predicted octanol–water partition coefficient (Wildman–Crippen LogP) is 6.49. The van der Waals surface area contributed by atoms with Crippen LogP contribution in [0.5, 0.6) is 0 Å². The van der Waals surface area contributed by atoms with Gasteiger partial charge in [-0.05, 0) is 74.4 Å². The molecule has 1 atom stereocenters. The minimum Gasteiger partial charge on any atom is -0.352 e. The van der Waals surface area contributed by atoms with Crippen LogP contribution in [0.1, 0.15) is 53.2 Å². The second kappa shape index (κ2) is 19.4. The van der Waals surface area contributed by atoms with Crippen molar-refractivity contribution in [2.24, 2.45) is 4.99 Å².